The van der Waals surface area contributed by atoms with Crippen molar-refractivity contribution in [2.24, 2.45) is 0 Å². The minimum Gasteiger partial charge on any atom is -0.256 e. The van der Waals surface area contributed by atoms with Crippen molar-refractivity contribution in [3.05, 3.63) is 258 Å². The third kappa shape index (κ3) is 10.0. The van der Waals surface area contributed by atoms with Gasteiger partial charge in [0.15, 0.2) is 0 Å². The summed E-state index contributed by atoms with van der Waals surface area (Å²) in [5.41, 5.74) is 16.4. The molecular weight excluding hydrogens is 851 g/mol. The predicted octanol–water partition coefficient (Wildman–Crippen LogP) is 15.6. The van der Waals surface area contributed by atoms with Gasteiger partial charge in [-0.15, -0.1) is 0 Å². The van der Waals surface area contributed by atoms with Gasteiger partial charge in [0.2, 0.25) is 0 Å². The van der Waals surface area contributed by atoms with E-state index >= 15 is 4.39 Å². The van der Waals surface area contributed by atoms with Crippen molar-refractivity contribution in [2.45, 2.75) is 32.5 Å². The summed E-state index contributed by atoms with van der Waals surface area (Å²) in [5, 5.41) is 9.28. The van der Waals surface area contributed by atoms with Gasteiger partial charge in [-0.3, -0.25) is 15.0 Å². The summed E-state index contributed by atoms with van der Waals surface area (Å²) in [4.78, 5) is 13.6. The fourth-order valence-corrected chi connectivity index (χ4v) is 8.93. The molecule has 3 heterocycles. The summed E-state index contributed by atoms with van der Waals surface area (Å²) in [6.45, 7) is -2.29. The van der Waals surface area contributed by atoms with Crippen molar-refractivity contribution in [2.75, 3.05) is 0 Å². The Balaban J connectivity index is 1.03. The third-order valence-corrected chi connectivity index (χ3v) is 12.6. The van der Waals surface area contributed by atoms with Crippen LogP contribution < -0.4 is 0 Å². The Bertz CT molecular complexity index is 3450. The first-order chi connectivity index (χ1) is 35.1. The molecule has 6 heteroatoms. The quantitative estimate of drug-likeness (QED) is 0.116. The first kappa shape index (κ1) is 40.6. The molecule has 0 N–H and O–H groups in total. The van der Waals surface area contributed by atoms with Gasteiger partial charge in [0, 0.05) is 45.0 Å². The summed E-state index contributed by atoms with van der Waals surface area (Å²) in [7, 11) is 0. The lowest BCUT2D eigenvalue weighted by molar-refractivity contribution is 0.600. The van der Waals surface area contributed by atoms with E-state index in [1.807, 2.05) is 79.1 Å². The molecule has 0 unspecified atom stereocenters. The van der Waals surface area contributed by atoms with Gasteiger partial charge in [0.05, 0.1) is 22.6 Å². The number of nitriles is 1. The molecule has 0 radical (unpaired) electrons. The lowest BCUT2D eigenvalue weighted by atomic mass is 9.86. The molecule has 3 aromatic heterocycles. The summed E-state index contributed by atoms with van der Waals surface area (Å²) in [5.74, 6) is -1.48. The highest BCUT2D eigenvalue weighted by molar-refractivity contribution is 5.94. The van der Waals surface area contributed by atoms with E-state index < -0.39 is 18.5 Å². The van der Waals surface area contributed by atoms with E-state index in [-0.39, 0.29) is 16.7 Å². The zero-order valence-electron chi connectivity index (χ0n) is 40.6. The molecule has 10 rings (SSSR count). The first-order valence-electron chi connectivity index (χ1n) is 24.4. The zero-order valence-corrected chi connectivity index (χ0v) is 37.6. The van der Waals surface area contributed by atoms with Crippen LogP contribution in [0.25, 0.3) is 78.3 Å². The highest BCUT2D eigenvalue weighted by atomic mass is 19.1. The summed E-state index contributed by atoms with van der Waals surface area (Å²) >= 11 is 0. The van der Waals surface area contributed by atoms with Crippen LogP contribution in [-0.2, 0) is 25.7 Å². The van der Waals surface area contributed by atoms with Crippen molar-refractivity contribution in [1.29, 1.82) is 5.26 Å². The predicted molar refractivity (Wildman–Crippen MR) is 275 cm³/mol. The summed E-state index contributed by atoms with van der Waals surface area (Å²) < 4.78 is 53.7. The molecule has 7 aromatic carbocycles. The van der Waals surface area contributed by atoms with Crippen LogP contribution in [0.4, 0.5) is 8.78 Å². The fraction of sp³-hybridized carbons (Fsp3) is 0.0794. The molecular formula is C63H46F2N4. The van der Waals surface area contributed by atoms with Crippen molar-refractivity contribution < 1.29 is 12.9 Å². The molecule has 10 aromatic rings. The molecule has 0 aliphatic carbocycles. The average molecular weight is 900 g/mol. The lowest BCUT2D eigenvalue weighted by Crippen LogP contribution is -1.98. The second-order valence-corrected chi connectivity index (χ2v) is 17.1. The Hall–Kier alpha value is -8.66. The van der Waals surface area contributed by atoms with Gasteiger partial charge in [0.1, 0.15) is 17.7 Å². The highest BCUT2D eigenvalue weighted by Gasteiger charge is 2.18. The molecule has 0 aliphatic rings. The number of rotatable bonds is 13. The van der Waals surface area contributed by atoms with Gasteiger partial charge < -0.3 is 0 Å². The van der Waals surface area contributed by atoms with Crippen molar-refractivity contribution in [3.8, 4) is 84.3 Å². The Morgan fingerprint density at radius 1 is 0.406 bits per heavy atom. The van der Waals surface area contributed by atoms with Crippen LogP contribution in [0.1, 0.15) is 37.5 Å². The number of nitrogens with zero attached hydrogens (tertiary/aromatic N) is 4. The topological polar surface area (TPSA) is 62.5 Å². The van der Waals surface area contributed by atoms with Crippen LogP contribution in [0.2, 0.25) is 0 Å². The number of hydrogen-bond acceptors (Lipinski definition) is 4. The molecule has 332 valence electrons. The normalized spacial score (nSPS) is 11.9. The molecule has 0 aliphatic heterocycles. The minimum atomic E-state index is -2.29. The molecule has 4 nitrogen and oxygen atoms in total. The van der Waals surface area contributed by atoms with E-state index in [9.17, 15) is 9.65 Å². The second-order valence-electron chi connectivity index (χ2n) is 17.1. The Morgan fingerprint density at radius 2 is 0.928 bits per heavy atom. The standard InChI is InChI=1S/C63H46F2N4/c1-42-12-31-63(69-41-42)51-29-30-56(57(37-51)47-25-27-48(28-26-47)58-39-59(64)53(40-66)38-60(58)65)55-9-3-2-8-54(55)52-35-45(15-13-43-17-21-49(22-18-43)61-10-4-6-32-67-61)34-46(36-52)16-14-44-19-23-50(24-20-44)62-11-5-7-33-68-62/h2-12,17-39,41H,13-16H2,1H3/i1D3. The van der Waals surface area contributed by atoms with Crippen LogP contribution in [0.5, 0.6) is 0 Å². The third-order valence-electron chi connectivity index (χ3n) is 12.6. The van der Waals surface area contributed by atoms with E-state index in [4.69, 9.17) is 4.11 Å². The largest absolute Gasteiger partial charge is 0.256 e. The van der Waals surface area contributed by atoms with Gasteiger partial charge in [-0.05, 0) is 148 Å². The van der Waals surface area contributed by atoms with Crippen LogP contribution in [0.3, 0.4) is 0 Å². The van der Waals surface area contributed by atoms with Crippen LogP contribution in [-0.4, -0.2) is 15.0 Å². The second kappa shape index (κ2) is 20.1. The first-order valence-corrected chi connectivity index (χ1v) is 22.9. The molecule has 0 bridgehead atoms. The number of pyridine rings is 3. The monoisotopic (exact) mass is 899 g/mol. The van der Waals surface area contributed by atoms with Gasteiger partial charge in [-0.1, -0.05) is 146 Å². The van der Waals surface area contributed by atoms with Crippen LogP contribution in [0.15, 0.2) is 213 Å². The smallest absolute Gasteiger partial charge is 0.141 e. The van der Waals surface area contributed by atoms with E-state index in [1.54, 1.807) is 30.3 Å². The Kier molecular flexibility index (Phi) is 11.8. The molecule has 0 atom stereocenters. The van der Waals surface area contributed by atoms with E-state index in [0.717, 1.165) is 99.3 Å². The maximum atomic E-state index is 15.3. The molecule has 0 amide bonds. The van der Waals surface area contributed by atoms with Crippen molar-refractivity contribution in [3.63, 3.8) is 0 Å². The summed E-state index contributed by atoms with van der Waals surface area (Å²) in [6.07, 6.45) is 8.37. The van der Waals surface area contributed by atoms with E-state index in [2.05, 4.69) is 106 Å². The number of hydrogen-bond donors (Lipinski definition) is 0. The fourth-order valence-electron chi connectivity index (χ4n) is 8.93. The molecule has 0 saturated heterocycles. The van der Waals surface area contributed by atoms with Crippen molar-refractivity contribution >= 4 is 0 Å². The maximum Gasteiger partial charge on any atom is 0.141 e. The van der Waals surface area contributed by atoms with Gasteiger partial charge >= 0.3 is 0 Å². The number of benzene rings is 7. The van der Waals surface area contributed by atoms with Gasteiger partial charge in [0.25, 0.3) is 0 Å². The number of aromatic nitrogens is 3. The lowest BCUT2D eigenvalue weighted by Gasteiger charge is -2.18. The Morgan fingerprint density at radius 3 is 1.48 bits per heavy atom. The van der Waals surface area contributed by atoms with Crippen LogP contribution in [0, 0.1) is 29.8 Å². The minimum absolute atomic E-state index is 0.0506. The number of halogens is 2. The summed E-state index contributed by atoms with van der Waals surface area (Å²) in [6, 6.07) is 64.8. The molecule has 0 spiro atoms. The van der Waals surface area contributed by atoms with Crippen LogP contribution >= 0.6 is 0 Å². The molecule has 69 heavy (non-hydrogen) atoms. The molecule has 0 saturated carbocycles. The van der Waals surface area contributed by atoms with Gasteiger partial charge in [-0.25, -0.2) is 8.78 Å². The molecule has 0 fully saturated rings. The maximum absolute atomic E-state index is 15.3. The highest BCUT2D eigenvalue weighted by Crippen LogP contribution is 2.41. The number of aryl methyl sites for hydroxylation is 5. The SMILES string of the molecule is [2H]C([2H])([2H])c1ccc(-c2ccc(-c3ccccc3-c3cc(CCc4ccc(-c5ccccn5)cc4)cc(CCc4ccc(-c5ccccn5)cc4)c3)c(-c3ccc(-c4cc(F)c(C#N)cc4F)cc3)c2)nc1. The van der Waals surface area contributed by atoms with E-state index in [1.165, 1.54) is 28.5 Å². The average Bonchev–Trinajstić information content (AvgIpc) is 3.43. The van der Waals surface area contributed by atoms with Crippen molar-refractivity contribution in [1.82, 2.24) is 15.0 Å². The van der Waals surface area contributed by atoms with Gasteiger partial charge in [-0.2, -0.15) is 5.26 Å². The Labute approximate surface area is 406 Å². The van der Waals surface area contributed by atoms with E-state index in [0.29, 0.717) is 11.3 Å². The zero-order chi connectivity index (χ0) is 49.6.